The van der Waals surface area contributed by atoms with Gasteiger partial charge in [-0.1, -0.05) is 49.7 Å². The molecule has 9 nitrogen and oxygen atoms in total. The fraction of sp³-hybridized carbons (Fsp3) is 0.314. The van der Waals surface area contributed by atoms with E-state index in [1.54, 1.807) is 24.7 Å². The van der Waals surface area contributed by atoms with Crippen LogP contribution in [0.4, 0.5) is 10.5 Å². The first-order valence-electron chi connectivity index (χ1n) is 14.9. The molecule has 0 aliphatic carbocycles. The Morgan fingerprint density at radius 2 is 1.89 bits per heavy atom. The van der Waals surface area contributed by atoms with Crippen LogP contribution >= 0.6 is 0 Å². The van der Waals surface area contributed by atoms with Crippen molar-refractivity contribution in [1.29, 1.82) is 5.26 Å². The van der Waals surface area contributed by atoms with Gasteiger partial charge in [-0.2, -0.15) is 5.26 Å². The number of benzene rings is 3. The second kappa shape index (κ2) is 12.6. The van der Waals surface area contributed by atoms with E-state index < -0.39 is 17.0 Å². The number of likely N-dealkylation sites (N-methyl/N-ethyl adjacent to an activating group) is 1. The standard InChI is InChI=1S/C35H38N6O3/c1-5-35(18-9-10-19-40(3)32(35)42)27-12-11-15-29(20-27)44-30-21-26(17-16-25(30)22-36)34(2,31-23-37-24-41(31)4)39-33(43)38-28-13-7-6-8-14-28/h6-8,11-17,20-21,23-24H,5,9-10,18-19H2,1-4H3,(H2,38,39,43)/t34?,35-/m0/s1. The molecule has 0 radical (unpaired) electrons. The van der Waals surface area contributed by atoms with E-state index in [0.29, 0.717) is 34.7 Å². The Morgan fingerprint density at radius 3 is 2.59 bits per heavy atom. The first-order valence-corrected chi connectivity index (χ1v) is 14.9. The second-order valence-electron chi connectivity index (χ2n) is 11.5. The molecule has 44 heavy (non-hydrogen) atoms. The molecule has 2 N–H and O–H groups in total. The Morgan fingerprint density at radius 1 is 1.09 bits per heavy atom. The summed E-state index contributed by atoms with van der Waals surface area (Å²) in [5.74, 6) is 0.998. The molecule has 0 bridgehead atoms. The molecule has 1 saturated heterocycles. The molecule has 2 heterocycles. The van der Waals surface area contributed by atoms with Crippen molar-refractivity contribution in [3.8, 4) is 17.6 Å². The number of para-hydroxylation sites is 1. The third-order valence-electron chi connectivity index (χ3n) is 8.72. The van der Waals surface area contributed by atoms with Crippen LogP contribution in [0.1, 0.15) is 61.9 Å². The molecule has 5 rings (SSSR count). The zero-order chi connectivity index (χ0) is 31.3. The van der Waals surface area contributed by atoms with E-state index >= 15 is 0 Å². The Labute approximate surface area is 258 Å². The minimum atomic E-state index is -1.04. The van der Waals surface area contributed by atoms with Crippen molar-refractivity contribution >= 4 is 17.6 Å². The summed E-state index contributed by atoms with van der Waals surface area (Å²) in [7, 11) is 3.73. The smallest absolute Gasteiger partial charge is 0.320 e. The van der Waals surface area contributed by atoms with Crippen LogP contribution in [0, 0.1) is 11.3 Å². The summed E-state index contributed by atoms with van der Waals surface area (Å²) in [6.45, 7) is 4.70. The van der Waals surface area contributed by atoms with E-state index in [1.165, 1.54) is 0 Å². The number of urea groups is 1. The van der Waals surface area contributed by atoms with E-state index in [0.717, 1.165) is 37.1 Å². The molecule has 1 fully saturated rings. The number of hydrogen-bond acceptors (Lipinski definition) is 5. The van der Waals surface area contributed by atoms with E-state index in [2.05, 4.69) is 28.6 Å². The van der Waals surface area contributed by atoms with Crippen molar-refractivity contribution in [2.75, 3.05) is 18.9 Å². The predicted octanol–water partition coefficient (Wildman–Crippen LogP) is 6.46. The first-order chi connectivity index (χ1) is 21.2. The van der Waals surface area contributed by atoms with Gasteiger partial charge in [0.05, 0.1) is 29.2 Å². The SMILES string of the molecule is CC[C@@]1(c2cccc(Oc3cc(C(C)(NC(=O)Nc4ccccc4)c4cncn4C)ccc3C#N)c2)CCCCN(C)C1=O. The van der Waals surface area contributed by atoms with E-state index in [4.69, 9.17) is 4.74 Å². The van der Waals surface area contributed by atoms with Crippen LogP contribution in [0.3, 0.4) is 0 Å². The van der Waals surface area contributed by atoms with E-state index in [-0.39, 0.29) is 5.91 Å². The molecule has 3 aromatic carbocycles. The zero-order valence-corrected chi connectivity index (χ0v) is 25.6. The number of rotatable bonds is 8. The average Bonchev–Trinajstić information content (AvgIpc) is 3.41. The molecular formula is C35H38N6O3. The van der Waals surface area contributed by atoms with Crippen LogP contribution in [0.2, 0.25) is 0 Å². The van der Waals surface area contributed by atoms with Crippen LogP contribution in [0.15, 0.2) is 85.3 Å². The summed E-state index contributed by atoms with van der Waals surface area (Å²) < 4.78 is 8.24. The van der Waals surface area contributed by atoms with Gasteiger partial charge in [0.2, 0.25) is 5.91 Å². The maximum Gasteiger partial charge on any atom is 0.320 e. The number of ether oxygens (including phenoxy) is 1. The predicted molar refractivity (Wildman–Crippen MR) is 169 cm³/mol. The fourth-order valence-electron chi connectivity index (χ4n) is 6.18. The van der Waals surface area contributed by atoms with Gasteiger partial charge in [-0.15, -0.1) is 0 Å². The molecule has 0 spiro atoms. The van der Waals surface area contributed by atoms with Gasteiger partial charge in [0.1, 0.15) is 23.1 Å². The van der Waals surface area contributed by atoms with Gasteiger partial charge in [-0.25, -0.2) is 9.78 Å². The highest BCUT2D eigenvalue weighted by Crippen LogP contribution is 2.40. The summed E-state index contributed by atoms with van der Waals surface area (Å²) in [5, 5.41) is 16.0. The number of carbonyl (C=O) groups excluding carboxylic acids is 2. The van der Waals surface area contributed by atoms with Crippen molar-refractivity contribution in [3.63, 3.8) is 0 Å². The minimum absolute atomic E-state index is 0.126. The highest BCUT2D eigenvalue weighted by molar-refractivity contribution is 5.90. The molecule has 1 aliphatic heterocycles. The molecule has 3 amide bonds. The van der Waals surface area contributed by atoms with Crippen molar-refractivity contribution in [2.24, 2.45) is 7.05 Å². The summed E-state index contributed by atoms with van der Waals surface area (Å²) in [6, 6.07) is 23.9. The quantitative estimate of drug-likeness (QED) is 0.245. The highest BCUT2D eigenvalue weighted by Gasteiger charge is 2.41. The molecule has 1 unspecified atom stereocenters. The normalized spacial score (nSPS) is 18.1. The maximum absolute atomic E-state index is 13.6. The van der Waals surface area contributed by atoms with E-state index in [9.17, 15) is 14.9 Å². The van der Waals surface area contributed by atoms with Crippen molar-refractivity contribution < 1.29 is 14.3 Å². The van der Waals surface area contributed by atoms with Crippen LogP contribution in [0.25, 0.3) is 0 Å². The Bertz CT molecular complexity index is 1690. The van der Waals surface area contributed by atoms with Crippen molar-refractivity contribution in [2.45, 2.75) is 50.5 Å². The molecule has 1 aliphatic rings. The van der Waals surface area contributed by atoms with Gasteiger partial charge >= 0.3 is 6.03 Å². The molecule has 2 atom stereocenters. The Balaban J connectivity index is 1.51. The number of aryl methyl sites for hydroxylation is 1. The van der Waals surface area contributed by atoms with Crippen LogP contribution < -0.4 is 15.4 Å². The zero-order valence-electron chi connectivity index (χ0n) is 25.6. The summed E-state index contributed by atoms with van der Waals surface area (Å²) in [5.41, 5.74) is 1.67. The molecule has 1 aromatic heterocycles. The third kappa shape index (κ3) is 5.88. The fourth-order valence-corrected chi connectivity index (χ4v) is 6.18. The van der Waals surface area contributed by atoms with Crippen molar-refractivity contribution in [3.05, 3.63) is 108 Å². The summed E-state index contributed by atoms with van der Waals surface area (Å²) in [6.07, 6.45) is 6.77. The first kappa shape index (κ1) is 30.4. The van der Waals surface area contributed by atoms with Gasteiger partial charge < -0.3 is 24.8 Å². The van der Waals surface area contributed by atoms with Crippen LogP contribution in [0.5, 0.6) is 11.5 Å². The van der Waals surface area contributed by atoms with Crippen molar-refractivity contribution in [1.82, 2.24) is 19.8 Å². The number of hydrogen-bond donors (Lipinski definition) is 2. The second-order valence-corrected chi connectivity index (χ2v) is 11.5. The topological polar surface area (TPSA) is 112 Å². The van der Waals surface area contributed by atoms with Gasteiger partial charge in [-0.3, -0.25) is 4.79 Å². The lowest BCUT2D eigenvalue weighted by molar-refractivity contribution is -0.135. The number of nitriles is 1. The average molecular weight is 591 g/mol. The van der Waals surface area contributed by atoms with Crippen LogP contribution in [-0.4, -0.2) is 40.0 Å². The Hall–Kier alpha value is -5.10. The van der Waals surface area contributed by atoms with Gasteiger partial charge in [0.25, 0.3) is 0 Å². The molecule has 0 saturated carbocycles. The lowest BCUT2D eigenvalue weighted by Gasteiger charge is -2.33. The lowest BCUT2D eigenvalue weighted by atomic mass is 9.73. The minimum Gasteiger partial charge on any atom is -0.456 e. The maximum atomic E-state index is 13.6. The van der Waals surface area contributed by atoms with Gasteiger partial charge in [0.15, 0.2) is 0 Å². The number of anilines is 1. The summed E-state index contributed by atoms with van der Waals surface area (Å²) >= 11 is 0. The monoisotopic (exact) mass is 590 g/mol. The number of carbonyl (C=O) groups is 2. The van der Waals surface area contributed by atoms with E-state index in [1.807, 2.05) is 91.1 Å². The largest absolute Gasteiger partial charge is 0.456 e. The number of nitrogens with zero attached hydrogens (tertiary/aromatic N) is 4. The number of amides is 3. The van der Waals surface area contributed by atoms with Gasteiger partial charge in [-0.05, 0) is 73.7 Å². The van der Waals surface area contributed by atoms with Crippen LogP contribution in [-0.2, 0) is 22.8 Å². The number of imidazole rings is 1. The number of aromatic nitrogens is 2. The molecule has 4 aromatic rings. The summed E-state index contributed by atoms with van der Waals surface area (Å²) in [4.78, 5) is 33.0. The molecular weight excluding hydrogens is 552 g/mol. The number of nitrogens with one attached hydrogen (secondary N) is 2. The molecule has 9 heteroatoms. The highest BCUT2D eigenvalue weighted by atomic mass is 16.5. The molecule has 226 valence electrons. The van der Waals surface area contributed by atoms with Gasteiger partial charge in [0, 0.05) is 26.3 Å². The lowest BCUT2D eigenvalue weighted by Crippen LogP contribution is -2.47. The number of likely N-dealkylation sites (tertiary alicyclic amines) is 1. The Kier molecular flexibility index (Phi) is 8.72. The third-order valence-corrected chi connectivity index (χ3v) is 8.72.